The molecule has 1 aliphatic heterocycles. The summed E-state index contributed by atoms with van der Waals surface area (Å²) in [5.41, 5.74) is -0.657. The number of rotatable bonds is 5. The highest BCUT2D eigenvalue weighted by atomic mass is 32.2. The van der Waals surface area contributed by atoms with Gasteiger partial charge in [-0.15, -0.1) is 0 Å². The first-order chi connectivity index (χ1) is 14.1. The molecule has 2 aromatic carbocycles. The van der Waals surface area contributed by atoms with Crippen LogP contribution in [0.5, 0.6) is 0 Å². The van der Waals surface area contributed by atoms with Crippen LogP contribution in [0.2, 0.25) is 0 Å². The molecule has 0 bridgehead atoms. The van der Waals surface area contributed by atoms with E-state index in [4.69, 9.17) is 4.74 Å². The average molecular weight is 445 g/mol. The molecule has 0 N–H and O–H groups in total. The zero-order chi connectivity index (χ0) is 21.9. The maximum absolute atomic E-state index is 13.1. The van der Waals surface area contributed by atoms with Crippen LogP contribution >= 0.6 is 0 Å². The summed E-state index contributed by atoms with van der Waals surface area (Å²) in [6, 6.07) is 8.85. The molecule has 0 aromatic heterocycles. The Labute approximate surface area is 171 Å². The lowest BCUT2D eigenvalue weighted by Gasteiger charge is -2.30. The van der Waals surface area contributed by atoms with Gasteiger partial charge < -0.3 is 4.74 Å². The fourth-order valence-electron chi connectivity index (χ4n) is 3.22. The molecule has 1 aliphatic rings. The molecule has 0 saturated carbocycles. The number of benzene rings is 2. The lowest BCUT2D eigenvalue weighted by atomic mass is 10.00. The first-order valence-corrected chi connectivity index (χ1v) is 10.6. The summed E-state index contributed by atoms with van der Waals surface area (Å²) in [6.07, 6.45) is -3.68. The van der Waals surface area contributed by atoms with E-state index in [1.54, 1.807) is 0 Å². The van der Waals surface area contributed by atoms with Gasteiger partial charge in [-0.2, -0.15) is 17.5 Å². The predicted octanol–water partition coefficient (Wildman–Crippen LogP) is 3.99. The summed E-state index contributed by atoms with van der Waals surface area (Å²) in [5, 5.41) is 0. The zero-order valence-corrected chi connectivity index (χ0v) is 16.5. The van der Waals surface area contributed by atoms with E-state index >= 15 is 0 Å². The molecule has 1 heterocycles. The van der Waals surface area contributed by atoms with Gasteiger partial charge in [-0.1, -0.05) is 12.1 Å². The van der Waals surface area contributed by atoms with Crippen molar-refractivity contribution in [1.29, 1.82) is 0 Å². The van der Waals surface area contributed by atoms with Crippen molar-refractivity contribution in [3.63, 3.8) is 0 Å². The Kier molecular flexibility index (Phi) is 6.47. The van der Waals surface area contributed by atoms with Crippen molar-refractivity contribution in [1.82, 2.24) is 4.31 Å². The van der Waals surface area contributed by atoms with E-state index < -0.39 is 39.5 Å². The Morgan fingerprint density at radius 3 is 2.50 bits per heavy atom. The van der Waals surface area contributed by atoms with Crippen molar-refractivity contribution in [3.05, 3.63) is 65.5 Å². The van der Waals surface area contributed by atoms with E-state index in [9.17, 15) is 30.8 Å². The summed E-state index contributed by atoms with van der Waals surface area (Å²) in [4.78, 5) is 12.3. The maximum Gasteiger partial charge on any atom is 0.416 e. The molecule has 0 radical (unpaired) electrons. The van der Waals surface area contributed by atoms with Crippen molar-refractivity contribution >= 4 is 16.0 Å². The van der Waals surface area contributed by atoms with Crippen molar-refractivity contribution in [3.8, 4) is 0 Å². The number of esters is 1. The number of sulfonamides is 1. The topological polar surface area (TPSA) is 63.7 Å². The molecule has 0 spiro atoms. The zero-order valence-electron chi connectivity index (χ0n) is 15.7. The van der Waals surface area contributed by atoms with Gasteiger partial charge in [0, 0.05) is 13.1 Å². The Morgan fingerprint density at radius 1 is 1.13 bits per heavy atom. The van der Waals surface area contributed by atoms with Crippen LogP contribution in [0.4, 0.5) is 17.6 Å². The number of hydrogen-bond acceptors (Lipinski definition) is 4. The van der Waals surface area contributed by atoms with Gasteiger partial charge in [-0.05, 0) is 54.8 Å². The maximum atomic E-state index is 13.1. The minimum absolute atomic E-state index is 0.0816. The third-order valence-electron chi connectivity index (χ3n) is 4.80. The minimum Gasteiger partial charge on any atom is -0.461 e. The van der Waals surface area contributed by atoms with E-state index in [1.807, 2.05) is 0 Å². The largest absolute Gasteiger partial charge is 0.461 e. The van der Waals surface area contributed by atoms with Crippen LogP contribution in [0, 0.1) is 11.7 Å². The minimum atomic E-state index is -4.50. The van der Waals surface area contributed by atoms with Crippen LogP contribution in [0.15, 0.2) is 53.4 Å². The summed E-state index contributed by atoms with van der Waals surface area (Å²) < 4.78 is 83.1. The Morgan fingerprint density at radius 2 is 1.83 bits per heavy atom. The molecule has 5 nitrogen and oxygen atoms in total. The third-order valence-corrected chi connectivity index (χ3v) is 6.68. The molecular weight excluding hydrogens is 426 g/mol. The highest BCUT2D eigenvalue weighted by Gasteiger charge is 2.34. The molecule has 1 saturated heterocycles. The van der Waals surface area contributed by atoms with Crippen LogP contribution in [0.1, 0.15) is 24.0 Å². The van der Waals surface area contributed by atoms with E-state index in [-0.39, 0.29) is 30.2 Å². The fraction of sp³-hybridized carbons (Fsp3) is 0.350. The lowest BCUT2D eigenvalue weighted by molar-refractivity contribution is -0.151. The van der Waals surface area contributed by atoms with Crippen LogP contribution in [-0.4, -0.2) is 31.8 Å². The fourth-order valence-corrected chi connectivity index (χ4v) is 4.74. The monoisotopic (exact) mass is 445 g/mol. The number of piperidine rings is 1. The van der Waals surface area contributed by atoms with E-state index in [1.165, 1.54) is 12.1 Å². The number of alkyl halides is 3. The highest BCUT2D eigenvalue weighted by molar-refractivity contribution is 7.89. The molecule has 0 aliphatic carbocycles. The summed E-state index contributed by atoms with van der Waals surface area (Å²) >= 11 is 0. The van der Waals surface area contributed by atoms with E-state index in [2.05, 4.69) is 0 Å². The second-order valence-electron chi connectivity index (χ2n) is 6.96. The van der Waals surface area contributed by atoms with Crippen LogP contribution in [-0.2, 0) is 32.3 Å². The summed E-state index contributed by atoms with van der Waals surface area (Å²) in [7, 11) is -3.90. The molecular formula is C20H19F4NO4S. The van der Waals surface area contributed by atoms with E-state index in [0.29, 0.717) is 12.8 Å². The number of carbonyl (C=O) groups is 1. The number of halogens is 4. The first-order valence-electron chi connectivity index (χ1n) is 9.16. The van der Waals surface area contributed by atoms with Gasteiger partial charge in [-0.3, -0.25) is 4.79 Å². The second kappa shape index (κ2) is 8.73. The number of ether oxygens (including phenoxy) is 1. The number of hydrogen-bond donors (Lipinski definition) is 0. The van der Waals surface area contributed by atoms with Crippen molar-refractivity contribution in [2.24, 2.45) is 5.92 Å². The molecule has 30 heavy (non-hydrogen) atoms. The Bertz CT molecular complexity index is 1010. The smallest absolute Gasteiger partial charge is 0.416 e. The molecule has 3 rings (SSSR count). The first kappa shape index (κ1) is 22.2. The lowest BCUT2D eigenvalue weighted by Crippen LogP contribution is -2.42. The van der Waals surface area contributed by atoms with Crippen LogP contribution in [0.3, 0.4) is 0 Å². The molecule has 0 amide bonds. The Balaban J connectivity index is 1.64. The molecule has 2 aromatic rings. The highest BCUT2D eigenvalue weighted by Crippen LogP contribution is 2.30. The molecule has 1 unspecified atom stereocenters. The average Bonchev–Trinajstić information content (AvgIpc) is 2.72. The molecule has 1 fully saturated rings. The van der Waals surface area contributed by atoms with Gasteiger partial charge in [-0.25, -0.2) is 12.8 Å². The van der Waals surface area contributed by atoms with Crippen LogP contribution < -0.4 is 0 Å². The standard InChI is InChI=1S/C20H19F4NO4S/c21-17-6-8-18(9-7-17)30(27,28)25-10-2-4-15(12-25)19(26)29-13-14-3-1-5-16(11-14)20(22,23)24/h1,3,5-9,11,15H,2,4,10,12-13H2. The number of carbonyl (C=O) groups excluding carboxylic acids is 1. The van der Waals surface area contributed by atoms with Crippen LogP contribution in [0.25, 0.3) is 0 Å². The summed E-state index contributed by atoms with van der Waals surface area (Å²) in [5.74, 6) is -1.98. The van der Waals surface area contributed by atoms with Gasteiger partial charge in [0.15, 0.2) is 0 Å². The van der Waals surface area contributed by atoms with Crippen molar-refractivity contribution in [2.45, 2.75) is 30.5 Å². The number of nitrogens with zero attached hydrogens (tertiary/aromatic N) is 1. The molecule has 1 atom stereocenters. The SMILES string of the molecule is O=C(OCc1cccc(C(F)(F)F)c1)C1CCCN(S(=O)(=O)c2ccc(F)cc2)C1. The Hall–Kier alpha value is -2.46. The van der Waals surface area contributed by atoms with Gasteiger partial charge in [0.25, 0.3) is 0 Å². The normalized spacial score (nSPS) is 18.2. The van der Waals surface area contributed by atoms with E-state index in [0.717, 1.165) is 40.7 Å². The molecule has 10 heteroatoms. The third kappa shape index (κ3) is 5.17. The molecule has 162 valence electrons. The van der Waals surface area contributed by atoms with Gasteiger partial charge in [0.05, 0.1) is 16.4 Å². The van der Waals surface area contributed by atoms with Gasteiger partial charge in [0.2, 0.25) is 10.0 Å². The predicted molar refractivity (Wildman–Crippen MR) is 99.1 cm³/mol. The van der Waals surface area contributed by atoms with Gasteiger partial charge in [0.1, 0.15) is 12.4 Å². The quantitative estimate of drug-likeness (QED) is 0.516. The second-order valence-corrected chi connectivity index (χ2v) is 8.90. The summed E-state index contributed by atoms with van der Waals surface area (Å²) in [6.45, 7) is -0.248. The van der Waals surface area contributed by atoms with Crippen molar-refractivity contribution in [2.75, 3.05) is 13.1 Å². The van der Waals surface area contributed by atoms with Crippen molar-refractivity contribution < 1.29 is 35.5 Å². The van der Waals surface area contributed by atoms with Gasteiger partial charge >= 0.3 is 12.1 Å².